The summed E-state index contributed by atoms with van der Waals surface area (Å²) in [6.07, 6.45) is -2.42. The van der Waals surface area contributed by atoms with Gasteiger partial charge in [-0.3, -0.25) is 0 Å². The van der Waals surface area contributed by atoms with E-state index in [4.69, 9.17) is 0 Å². The zero-order valence-electron chi connectivity index (χ0n) is 40.9. The number of thiophene rings is 1. The number of hydrogen-bond acceptors (Lipinski definition) is 3. The first-order chi connectivity index (χ1) is 30.7. The van der Waals surface area contributed by atoms with Gasteiger partial charge in [0.1, 0.15) is 0 Å². The maximum absolute atomic E-state index is 15.8. The van der Waals surface area contributed by atoms with Gasteiger partial charge in [-0.15, -0.1) is 11.3 Å². The number of alkyl halides is 3. The standard InChI is InChI=1S/C59H62BF3N2S/c1-54(2,3)36-19-23-40(24-20-36)64-48-33-39(59(61,62)63)34-49-52(48)60(51-41-16-14-15-17-50(41)66-53(51)64)45-32-38(56(7,8)9)22-27-47(45)65(49)46-26-21-37(55(4,5)6)31-42(46)35-18-25-43-44(30-35)58(12,13)29-28-57(43,10)11/h14-27,30-34H,28-29H2,1-13H3. The zero-order chi connectivity index (χ0) is 47.3. The van der Waals surface area contributed by atoms with Crippen molar-refractivity contribution in [1.29, 1.82) is 0 Å². The lowest BCUT2D eigenvalue weighted by Gasteiger charge is -2.44. The average Bonchev–Trinajstić information content (AvgIpc) is 3.62. The highest BCUT2D eigenvalue weighted by atomic mass is 32.1. The van der Waals surface area contributed by atoms with Crippen LogP contribution in [0, 0.1) is 0 Å². The van der Waals surface area contributed by atoms with Gasteiger partial charge in [0, 0.05) is 33.0 Å². The molecule has 66 heavy (non-hydrogen) atoms. The van der Waals surface area contributed by atoms with E-state index < -0.39 is 11.7 Å². The summed E-state index contributed by atoms with van der Waals surface area (Å²) < 4.78 is 48.4. The Labute approximate surface area is 395 Å². The lowest BCUT2D eigenvalue weighted by molar-refractivity contribution is -0.137. The van der Waals surface area contributed by atoms with Crippen molar-refractivity contribution in [3.05, 3.63) is 149 Å². The normalized spacial score (nSPS) is 16.5. The third-order valence-corrected chi connectivity index (χ3v) is 16.2. The highest BCUT2D eigenvalue weighted by Crippen LogP contribution is 2.53. The summed E-state index contributed by atoms with van der Waals surface area (Å²) >= 11 is 1.67. The van der Waals surface area contributed by atoms with Crippen molar-refractivity contribution >= 4 is 78.0 Å². The Balaban J connectivity index is 1.34. The molecule has 1 aromatic heterocycles. The molecule has 2 nitrogen and oxygen atoms in total. The average molecular weight is 899 g/mol. The van der Waals surface area contributed by atoms with E-state index in [1.54, 1.807) is 11.3 Å². The van der Waals surface area contributed by atoms with Crippen LogP contribution in [0.15, 0.2) is 115 Å². The molecule has 3 aliphatic rings. The second kappa shape index (κ2) is 14.6. The van der Waals surface area contributed by atoms with Gasteiger partial charge in [0.15, 0.2) is 0 Å². The van der Waals surface area contributed by atoms with E-state index in [0.717, 1.165) is 72.5 Å². The van der Waals surface area contributed by atoms with E-state index in [2.05, 4.69) is 203 Å². The Hall–Kier alpha value is -5.27. The topological polar surface area (TPSA) is 6.48 Å². The number of hydrogen-bond donors (Lipinski definition) is 0. The van der Waals surface area contributed by atoms with E-state index in [0.29, 0.717) is 11.4 Å². The molecule has 1 aliphatic carbocycles. The molecular weight excluding hydrogens is 837 g/mol. The van der Waals surface area contributed by atoms with Crippen molar-refractivity contribution < 1.29 is 13.2 Å². The van der Waals surface area contributed by atoms with Crippen molar-refractivity contribution in [3.63, 3.8) is 0 Å². The third-order valence-electron chi connectivity index (χ3n) is 15.0. The van der Waals surface area contributed by atoms with Crippen LogP contribution < -0.4 is 26.2 Å². The molecule has 7 heteroatoms. The summed E-state index contributed by atoms with van der Waals surface area (Å²) in [6.45, 7) is 29.0. The Kier molecular flexibility index (Phi) is 9.87. The molecule has 0 bridgehead atoms. The fraction of sp³-hybridized carbons (Fsp3) is 0.356. The number of benzene rings is 6. The smallest absolute Gasteiger partial charge is 0.311 e. The van der Waals surface area contributed by atoms with Crippen LogP contribution in [0.3, 0.4) is 0 Å². The maximum Gasteiger partial charge on any atom is 0.416 e. The predicted octanol–water partition coefficient (Wildman–Crippen LogP) is 15.9. The zero-order valence-corrected chi connectivity index (χ0v) is 41.7. The number of fused-ring (bicyclic) bond motifs is 7. The molecule has 0 saturated heterocycles. The molecule has 0 spiro atoms. The van der Waals surface area contributed by atoms with Gasteiger partial charge in [0.25, 0.3) is 6.71 Å². The van der Waals surface area contributed by atoms with Gasteiger partial charge >= 0.3 is 6.18 Å². The molecule has 0 atom stereocenters. The van der Waals surface area contributed by atoms with E-state index >= 15 is 13.2 Å². The van der Waals surface area contributed by atoms with Crippen molar-refractivity contribution in [2.45, 2.75) is 136 Å². The van der Waals surface area contributed by atoms with Gasteiger partial charge in [-0.25, -0.2) is 0 Å². The van der Waals surface area contributed by atoms with Gasteiger partial charge in [-0.05, 0) is 144 Å². The van der Waals surface area contributed by atoms with Crippen LogP contribution in [0.1, 0.15) is 136 Å². The van der Waals surface area contributed by atoms with E-state index in [9.17, 15) is 0 Å². The molecule has 0 unspecified atom stereocenters. The van der Waals surface area contributed by atoms with Crippen LogP contribution >= 0.6 is 11.3 Å². The Morgan fingerprint density at radius 2 is 1.08 bits per heavy atom. The van der Waals surface area contributed by atoms with Crippen LogP contribution in [-0.4, -0.2) is 6.71 Å². The SMILES string of the molecule is CC(C)(C)c1ccc(N2c3cc(C(F)(F)F)cc4c3B(c3cc(C(C)(C)C)ccc3N4c3ccc(C(C)(C)C)cc3-c3ccc4c(c3)C(C)(C)CCC4(C)C)c3c2sc2ccccc32)cc1. The molecule has 7 aromatic rings. The van der Waals surface area contributed by atoms with Crippen LogP contribution in [-0.2, 0) is 33.3 Å². The lowest BCUT2D eigenvalue weighted by atomic mass is 9.33. The molecule has 3 heterocycles. The fourth-order valence-corrected chi connectivity index (χ4v) is 12.2. The minimum Gasteiger partial charge on any atom is -0.311 e. The molecule has 0 N–H and O–H groups in total. The van der Waals surface area contributed by atoms with Crippen molar-refractivity contribution in [1.82, 2.24) is 0 Å². The first-order valence-corrected chi connectivity index (χ1v) is 24.5. The monoisotopic (exact) mass is 898 g/mol. The van der Waals surface area contributed by atoms with Crippen LogP contribution in [0.25, 0.3) is 21.2 Å². The first-order valence-electron chi connectivity index (χ1n) is 23.7. The summed E-state index contributed by atoms with van der Waals surface area (Å²) in [4.78, 5) is 4.31. The van der Waals surface area contributed by atoms with Gasteiger partial charge in [0.2, 0.25) is 0 Å². The van der Waals surface area contributed by atoms with Gasteiger partial charge in [0.05, 0.1) is 16.3 Å². The molecule has 0 radical (unpaired) electrons. The van der Waals surface area contributed by atoms with E-state index in [1.165, 1.54) is 39.9 Å². The second-order valence-corrected chi connectivity index (χ2v) is 24.7. The number of nitrogens with zero attached hydrogens (tertiary/aromatic N) is 2. The summed E-state index contributed by atoms with van der Waals surface area (Å²) in [5.74, 6) is 0. The second-order valence-electron chi connectivity index (χ2n) is 23.7. The summed E-state index contributed by atoms with van der Waals surface area (Å²) in [6, 6.07) is 40.2. The van der Waals surface area contributed by atoms with Crippen LogP contribution in [0.5, 0.6) is 0 Å². The minimum absolute atomic E-state index is 0.0335. The quantitative estimate of drug-likeness (QED) is 0.163. The third kappa shape index (κ3) is 7.13. The van der Waals surface area contributed by atoms with Crippen LogP contribution in [0.4, 0.5) is 46.6 Å². The predicted molar refractivity (Wildman–Crippen MR) is 278 cm³/mol. The molecule has 0 amide bonds. The number of halogens is 3. The molecule has 0 fully saturated rings. The lowest BCUT2D eigenvalue weighted by Crippen LogP contribution is -2.61. The van der Waals surface area contributed by atoms with Gasteiger partial charge in [-0.1, -0.05) is 157 Å². The number of anilines is 6. The molecule has 2 aliphatic heterocycles. The number of rotatable bonds is 3. The first kappa shape index (κ1) is 44.6. The Morgan fingerprint density at radius 1 is 0.515 bits per heavy atom. The van der Waals surface area contributed by atoms with E-state index in [-0.39, 0.29) is 33.8 Å². The van der Waals surface area contributed by atoms with Gasteiger partial charge < -0.3 is 9.80 Å². The summed E-state index contributed by atoms with van der Waals surface area (Å²) in [5, 5.41) is 2.09. The minimum atomic E-state index is -4.61. The van der Waals surface area contributed by atoms with Crippen molar-refractivity contribution in [3.8, 4) is 11.1 Å². The fourth-order valence-electron chi connectivity index (χ4n) is 10.9. The Morgan fingerprint density at radius 3 is 1.70 bits per heavy atom. The summed E-state index contributed by atoms with van der Waals surface area (Å²) in [7, 11) is 0. The highest BCUT2D eigenvalue weighted by molar-refractivity contribution is 7.26. The molecule has 0 saturated carbocycles. The highest BCUT2D eigenvalue weighted by Gasteiger charge is 2.48. The van der Waals surface area contributed by atoms with Crippen molar-refractivity contribution in [2.24, 2.45) is 0 Å². The largest absolute Gasteiger partial charge is 0.416 e. The molecule has 10 rings (SSSR count). The van der Waals surface area contributed by atoms with Crippen LogP contribution in [0.2, 0.25) is 0 Å². The maximum atomic E-state index is 15.8. The summed E-state index contributed by atoms with van der Waals surface area (Å²) in [5.41, 5.74) is 14.0. The van der Waals surface area contributed by atoms with E-state index in [1.807, 2.05) is 0 Å². The van der Waals surface area contributed by atoms with Crippen molar-refractivity contribution in [2.75, 3.05) is 9.80 Å². The Bertz CT molecular complexity index is 3100. The molecular formula is C59H62BF3N2S. The molecule has 6 aromatic carbocycles. The van der Waals surface area contributed by atoms with Gasteiger partial charge in [-0.2, -0.15) is 13.2 Å². The molecule has 338 valence electrons.